The van der Waals surface area contributed by atoms with Gasteiger partial charge in [0.25, 0.3) is 0 Å². The second-order valence-corrected chi connectivity index (χ2v) is 8.89. The first-order chi connectivity index (χ1) is 15.3. The number of alkyl carbamates (subject to hydrolysis) is 1. The average Bonchev–Trinajstić information content (AvgIpc) is 2.73. The Morgan fingerprint density at radius 2 is 1.75 bits per heavy atom. The molecule has 0 aliphatic heterocycles. The smallest absolute Gasteiger partial charge is 0.407 e. The van der Waals surface area contributed by atoms with Crippen molar-refractivity contribution in [1.29, 1.82) is 5.26 Å². The fourth-order valence-electron chi connectivity index (χ4n) is 3.14. The number of nitrogens with one attached hydrogen (secondary N) is 3. The van der Waals surface area contributed by atoms with Crippen LogP contribution < -0.4 is 16.0 Å². The van der Waals surface area contributed by atoms with E-state index in [4.69, 9.17) is 10.00 Å². The number of rotatable bonds is 13. The van der Waals surface area contributed by atoms with Gasteiger partial charge in [0.1, 0.15) is 5.60 Å². The topological polar surface area (TPSA) is 111 Å². The number of carbonyl (C=O) groups is 1. The van der Waals surface area contributed by atoms with E-state index in [1.807, 2.05) is 27.0 Å². The van der Waals surface area contributed by atoms with E-state index in [0.29, 0.717) is 12.5 Å². The number of ether oxygens (including phenoxy) is 1. The fraction of sp³-hybridized carbons (Fsp3) is 0.667. The number of nitrogens with zero attached hydrogens (tertiary/aromatic N) is 3. The van der Waals surface area contributed by atoms with E-state index in [9.17, 15) is 4.79 Å². The Morgan fingerprint density at radius 1 is 1.12 bits per heavy atom. The van der Waals surface area contributed by atoms with Crippen LogP contribution in [0.25, 0.3) is 0 Å². The van der Waals surface area contributed by atoms with Gasteiger partial charge in [0.15, 0.2) is 6.19 Å². The lowest BCUT2D eigenvalue weighted by atomic mass is 10.0. The van der Waals surface area contributed by atoms with Gasteiger partial charge in [0, 0.05) is 18.1 Å². The third-order valence-electron chi connectivity index (χ3n) is 4.71. The molecule has 0 radical (unpaired) electrons. The molecule has 8 heteroatoms. The standard InChI is InChI=1S/C24H40N6O2/c1-5-6-7-8-9-10-11-12-13-21(30-23(31)32-24(2,3)4)18-27-22(28-19-25)29-20-14-16-26-17-15-20/h14-17,21H,5-13,18H2,1-4H3,(H,30,31)(H2,26,27,28,29). The molecule has 1 aromatic rings. The van der Waals surface area contributed by atoms with Gasteiger partial charge in [0.05, 0.1) is 12.6 Å². The van der Waals surface area contributed by atoms with Crippen molar-refractivity contribution in [1.82, 2.24) is 15.6 Å². The van der Waals surface area contributed by atoms with Crippen LogP contribution in [0.2, 0.25) is 0 Å². The molecule has 0 aromatic carbocycles. The summed E-state index contributed by atoms with van der Waals surface area (Å²) in [6.07, 6.45) is 15.3. The molecule has 0 aliphatic rings. The van der Waals surface area contributed by atoms with Crippen LogP contribution in [0.5, 0.6) is 0 Å². The largest absolute Gasteiger partial charge is 0.444 e. The van der Waals surface area contributed by atoms with Crippen molar-refractivity contribution in [2.45, 2.75) is 97.1 Å². The quantitative estimate of drug-likeness (QED) is 0.124. The number of aliphatic imine (C=N–C) groups is 1. The molecule has 0 aliphatic carbocycles. The first kappa shape index (κ1) is 27.2. The highest BCUT2D eigenvalue weighted by atomic mass is 16.6. The molecule has 1 unspecified atom stereocenters. The third-order valence-corrected chi connectivity index (χ3v) is 4.71. The second kappa shape index (κ2) is 15.9. The zero-order valence-electron chi connectivity index (χ0n) is 20.1. The fourth-order valence-corrected chi connectivity index (χ4v) is 3.14. The Hall–Kier alpha value is -2.82. The van der Waals surface area contributed by atoms with Crippen molar-refractivity contribution in [2.24, 2.45) is 4.99 Å². The minimum atomic E-state index is -0.563. The molecule has 32 heavy (non-hydrogen) atoms. The van der Waals surface area contributed by atoms with Crippen molar-refractivity contribution in [3.63, 3.8) is 0 Å². The van der Waals surface area contributed by atoms with Crippen LogP contribution in [0.4, 0.5) is 10.5 Å². The summed E-state index contributed by atoms with van der Waals surface area (Å²) in [5.41, 5.74) is 0.202. The molecule has 8 nitrogen and oxygen atoms in total. The normalized spacial score (nSPS) is 12.5. The van der Waals surface area contributed by atoms with E-state index in [0.717, 1.165) is 24.9 Å². The average molecular weight is 445 g/mol. The summed E-state index contributed by atoms with van der Waals surface area (Å²) in [5.74, 6) is 0.325. The van der Waals surface area contributed by atoms with Gasteiger partial charge in [0.2, 0.25) is 5.96 Å². The van der Waals surface area contributed by atoms with Crippen LogP contribution in [-0.2, 0) is 4.74 Å². The Morgan fingerprint density at radius 3 is 2.34 bits per heavy atom. The number of carbonyl (C=O) groups excluding carboxylic acids is 1. The van der Waals surface area contributed by atoms with E-state index in [1.54, 1.807) is 24.5 Å². The summed E-state index contributed by atoms with van der Waals surface area (Å²) in [6.45, 7) is 8.08. The monoisotopic (exact) mass is 444 g/mol. The summed E-state index contributed by atoms with van der Waals surface area (Å²) < 4.78 is 5.41. The Bertz CT molecular complexity index is 709. The minimum Gasteiger partial charge on any atom is -0.444 e. The number of pyridine rings is 1. The molecular weight excluding hydrogens is 404 g/mol. The van der Waals surface area contributed by atoms with E-state index in [2.05, 4.69) is 32.9 Å². The maximum Gasteiger partial charge on any atom is 0.407 e. The van der Waals surface area contributed by atoms with E-state index < -0.39 is 11.7 Å². The second-order valence-electron chi connectivity index (χ2n) is 8.89. The first-order valence-corrected chi connectivity index (χ1v) is 11.7. The van der Waals surface area contributed by atoms with Gasteiger partial charge in [-0.1, -0.05) is 58.3 Å². The Labute approximate surface area is 193 Å². The molecule has 0 saturated heterocycles. The number of amides is 1. The SMILES string of the molecule is CCCCCCCCCCC(CN=C(NC#N)Nc1ccncc1)NC(=O)OC(C)(C)C. The number of unbranched alkanes of at least 4 members (excludes halogenated alkanes) is 7. The van der Waals surface area contributed by atoms with E-state index >= 15 is 0 Å². The molecule has 1 heterocycles. The molecule has 1 aromatic heterocycles. The third kappa shape index (κ3) is 14.2. The van der Waals surface area contributed by atoms with Gasteiger partial charge in [-0.05, 0) is 39.3 Å². The zero-order valence-corrected chi connectivity index (χ0v) is 20.1. The summed E-state index contributed by atoms with van der Waals surface area (Å²) in [7, 11) is 0. The molecule has 0 saturated carbocycles. The van der Waals surface area contributed by atoms with Gasteiger partial charge in [-0.25, -0.2) is 4.79 Å². The lowest BCUT2D eigenvalue weighted by molar-refractivity contribution is 0.0503. The van der Waals surface area contributed by atoms with Gasteiger partial charge < -0.3 is 15.4 Å². The predicted octanol–water partition coefficient (Wildman–Crippen LogP) is 5.34. The van der Waals surface area contributed by atoms with Crippen LogP contribution in [-0.4, -0.2) is 35.2 Å². The van der Waals surface area contributed by atoms with Crippen molar-refractivity contribution in [2.75, 3.05) is 11.9 Å². The van der Waals surface area contributed by atoms with Crippen molar-refractivity contribution < 1.29 is 9.53 Å². The van der Waals surface area contributed by atoms with Crippen LogP contribution in [0, 0.1) is 11.5 Å². The first-order valence-electron chi connectivity index (χ1n) is 11.7. The number of hydrogen-bond acceptors (Lipinski definition) is 5. The number of nitriles is 1. The lowest BCUT2D eigenvalue weighted by Crippen LogP contribution is -2.41. The zero-order chi connectivity index (χ0) is 23.7. The summed E-state index contributed by atoms with van der Waals surface area (Å²) in [4.78, 5) is 20.8. The number of aromatic nitrogens is 1. The molecule has 0 fully saturated rings. The number of anilines is 1. The molecule has 1 rings (SSSR count). The lowest BCUT2D eigenvalue weighted by Gasteiger charge is -2.23. The predicted molar refractivity (Wildman–Crippen MR) is 129 cm³/mol. The van der Waals surface area contributed by atoms with E-state index in [1.165, 1.54) is 38.5 Å². The van der Waals surface area contributed by atoms with Crippen LogP contribution in [0.15, 0.2) is 29.5 Å². The Balaban J connectivity index is 2.63. The molecule has 3 N–H and O–H groups in total. The van der Waals surface area contributed by atoms with Crippen molar-refractivity contribution >= 4 is 17.7 Å². The molecule has 0 bridgehead atoms. The van der Waals surface area contributed by atoms with Crippen LogP contribution in [0.3, 0.4) is 0 Å². The summed E-state index contributed by atoms with van der Waals surface area (Å²) in [5, 5.41) is 17.6. The minimum absolute atomic E-state index is 0.181. The maximum absolute atomic E-state index is 12.3. The van der Waals surface area contributed by atoms with Gasteiger partial charge in [-0.15, -0.1) is 0 Å². The van der Waals surface area contributed by atoms with Crippen molar-refractivity contribution in [3.05, 3.63) is 24.5 Å². The molecule has 178 valence electrons. The van der Waals surface area contributed by atoms with Gasteiger partial charge in [-0.2, -0.15) is 5.26 Å². The highest BCUT2D eigenvalue weighted by Crippen LogP contribution is 2.12. The highest BCUT2D eigenvalue weighted by molar-refractivity contribution is 5.94. The molecular formula is C24H40N6O2. The van der Waals surface area contributed by atoms with E-state index in [-0.39, 0.29) is 6.04 Å². The van der Waals surface area contributed by atoms with Gasteiger partial charge >= 0.3 is 6.09 Å². The van der Waals surface area contributed by atoms with Crippen LogP contribution in [0.1, 0.15) is 85.5 Å². The summed E-state index contributed by atoms with van der Waals surface area (Å²) in [6, 6.07) is 3.39. The van der Waals surface area contributed by atoms with Crippen LogP contribution >= 0.6 is 0 Å². The maximum atomic E-state index is 12.3. The highest BCUT2D eigenvalue weighted by Gasteiger charge is 2.19. The molecule has 1 atom stereocenters. The van der Waals surface area contributed by atoms with Crippen molar-refractivity contribution in [3.8, 4) is 6.19 Å². The number of hydrogen-bond donors (Lipinski definition) is 3. The van der Waals surface area contributed by atoms with Gasteiger partial charge in [-0.3, -0.25) is 15.3 Å². The summed E-state index contributed by atoms with van der Waals surface area (Å²) >= 11 is 0. The Kier molecular flexibility index (Phi) is 13.5. The number of guanidine groups is 1. The molecule has 1 amide bonds. The molecule has 0 spiro atoms.